The minimum atomic E-state index is 0.0720. The molecule has 1 fully saturated rings. The van der Waals surface area contributed by atoms with E-state index in [0.717, 1.165) is 24.1 Å². The molecule has 1 aromatic heterocycles. The Hall–Kier alpha value is -2.20. The van der Waals surface area contributed by atoms with Crippen molar-refractivity contribution in [3.63, 3.8) is 0 Å². The summed E-state index contributed by atoms with van der Waals surface area (Å²) in [6.45, 7) is 5.28. The fourth-order valence-corrected chi connectivity index (χ4v) is 4.01. The van der Waals surface area contributed by atoms with Gasteiger partial charge >= 0.3 is 0 Å². The molecule has 0 bridgehead atoms. The number of rotatable bonds is 3. The average Bonchev–Trinajstić information content (AvgIpc) is 3.10. The van der Waals surface area contributed by atoms with Crippen molar-refractivity contribution >= 4 is 11.0 Å². The average molecular weight is 321 g/mol. The Labute approximate surface area is 142 Å². The molecule has 1 N–H and O–H groups in total. The van der Waals surface area contributed by atoms with E-state index >= 15 is 0 Å². The van der Waals surface area contributed by atoms with Gasteiger partial charge in [-0.05, 0) is 48.8 Å². The summed E-state index contributed by atoms with van der Waals surface area (Å²) in [5, 5.41) is 11.4. The molecule has 4 nitrogen and oxygen atoms in total. The van der Waals surface area contributed by atoms with Gasteiger partial charge in [-0.15, -0.1) is 0 Å². The van der Waals surface area contributed by atoms with Crippen molar-refractivity contribution in [3.8, 4) is 0 Å². The second-order valence-electron chi connectivity index (χ2n) is 6.78. The largest absolute Gasteiger partial charge is 0.373 e. The molecule has 24 heavy (non-hydrogen) atoms. The monoisotopic (exact) mass is 321 g/mol. The third-order valence-electron chi connectivity index (χ3n) is 5.37. The first-order valence-corrected chi connectivity index (χ1v) is 8.72. The van der Waals surface area contributed by atoms with Gasteiger partial charge in [0.25, 0.3) is 0 Å². The predicted octanol–water partition coefficient (Wildman–Crippen LogP) is 4.54. The van der Waals surface area contributed by atoms with Crippen molar-refractivity contribution in [2.24, 2.45) is 5.92 Å². The number of aromatic amines is 1. The van der Waals surface area contributed by atoms with E-state index in [1.165, 1.54) is 23.1 Å². The summed E-state index contributed by atoms with van der Waals surface area (Å²) in [5.74, 6) is 0.889. The van der Waals surface area contributed by atoms with Crippen LogP contribution in [0.15, 0.2) is 42.5 Å². The number of nitrogens with zero attached hydrogens (tertiary/aromatic N) is 2. The Bertz CT molecular complexity index is 827. The Kier molecular flexibility index (Phi) is 4.07. The van der Waals surface area contributed by atoms with E-state index in [4.69, 9.17) is 4.74 Å². The number of hydrogen-bond donors (Lipinski definition) is 1. The summed E-state index contributed by atoms with van der Waals surface area (Å²) < 4.78 is 6.30. The summed E-state index contributed by atoms with van der Waals surface area (Å²) in [6, 6.07) is 14.9. The van der Waals surface area contributed by atoms with Crippen LogP contribution < -0.4 is 0 Å². The zero-order chi connectivity index (χ0) is 16.5. The highest BCUT2D eigenvalue weighted by Crippen LogP contribution is 2.44. The number of fused-ring (bicyclic) bond motifs is 1. The van der Waals surface area contributed by atoms with Crippen LogP contribution in [-0.2, 0) is 4.74 Å². The van der Waals surface area contributed by atoms with Crippen LogP contribution in [0.2, 0.25) is 0 Å². The maximum atomic E-state index is 6.30. The molecule has 3 atom stereocenters. The van der Waals surface area contributed by atoms with Crippen LogP contribution in [0, 0.1) is 12.8 Å². The maximum Gasteiger partial charge on any atom is 0.119 e. The first-order chi connectivity index (χ1) is 11.8. The Morgan fingerprint density at radius 1 is 1.12 bits per heavy atom. The highest BCUT2D eigenvalue weighted by atomic mass is 16.5. The molecule has 1 aliphatic rings. The van der Waals surface area contributed by atoms with Crippen LogP contribution >= 0.6 is 0 Å². The van der Waals surface area contributed by atoms with Gasteiger partial charge in [0.2, 0.25) is 0 Å². The number of benzene rings is 2. The van der Waals surface area contributed by atoms with Crippen molar-refractivity contribution in [1.82, 2.24) is 15.4 Å². The van der Waals surface area contributed by atoms with Crippen molar-refractivity contribution in [3.05, 3.63) is 59.2 Å². The van der Waals surface area contributed by atoms with Crippen molar-refractivity contribution in [2.45, 2.75) is 38.7 Å². The first kappa shape index (κ1) is 15.3. The van der Waals surface area contributed by atoms with Gasteiger partial charge in [-0.1, -0.05) is 43.3 Å². The minimum Gasteiger partial charge on any atom is -0.373 e. The molecule has 3 aromatic rings. The van der Waals surface area contributed by atoms with Gasteiger partial charge < -0.3 is 4.74 Å². The normalized spacial score (nSPS) is 22.6. The van der Waals surface area contributed by atoms with Crippen molar-refractivity contribution < 1.29 is 4.74 Å². The lowest BCUT2D eigenvalue weighted by Gasteiger charge is -2.37. The highest BCUT2D eigenvalue weighted by molar-refractivity contribution is 5.79. The zero-order valence-electron chi connectivity index (χ0n) is 14.2. The SMILES string of the molecule is Cc1ccc2n[nH]nc2c1C1OCCCC1C(C)c1ccccc1. The number of hydrogen-bond acceptors (Lipinski definition) is 3. The van der Waals surface area contributed by atoms with Crippen LogP contribution in [0.25, 0.3) is 11.0 Å². The number of ether oxygens (including phenoxy) is 1. The predicted molar refractivity (Wildman–Crippen MR) is 94.9 cm³/mol. The summed E-state index contributed by atoms with van der Waals surface area (Å²) >= 11 is 0. The first-order valence-electron chi connectivity index (χ1n) is 8.72. The van der Waals surface area contributed by atoms with E-state index in [1.807, 2.05) is 6.07 Å². The Morgan fingerprint density at radius 2 is 1.96 bits per heavy atom. The van der Waals surface area contributed by atoms with Gasteiger partial charge in [0, 0.05) is 12.2 Å². The molecule has 2 aromatic carbocycles. The van der Waals surface area contributed by atoms with Crippen molar-refractivity contribution in [1.29, 1.82) is 0 Å². The molecule has 1 saturated heterocycles. The third-order valence-corrected chi connectivity index (χ3v) is 5.37. The molecular formula is C20H23N3O. The quantitative estimate of drug-likeness (QED) is 0.770. The molecule has 0 radical (unpaired) electrons. The molecular weight excluding hydrogens is 298 g/mol. The van der Waals surface area contributed by atoms with E-state index in [9.17, 15) is 0 Å². The lowest BCUT2D eigenvalue weighted by molar-refractivity contribution is -0.0354. The van der Waals surface area contributed by atoms with Crippen LogP contribution in [0.4, 0.5) is 0 Å². The fourth-order valence-electron chi connectivity index (χ4n) is 4.01. The smallest absolute Gasteiger partial charge is 0.119 e. The van der Waals surface area contributed by atoms with E-state index in [2.05, 4.69) is 65.7 Å². The van der Waals surface area contributed by atoms with Crippen LogP contribution in [-0.4, -0.2) is 22.0 Å². The summed E-state index contributed by atoms with van der Waals surface area (Å²) in [4.78, 5) is 0. The summed E-state index contributed by atoms with van der Waals surface area (Å²) in [6.07, 6.45) is 2.36. The van der Waals surface area contributed by atoms with E-state index in [-0.39, 0.29) is 6.10 Å². The molecule has 0 spiro atoms. The van der Waals surface area contributed by atoms with Crippen LogP contribution in [0.5, 0.6) is 0 Å². The highest BCUT2D eigenvalue weighted by Gasteiger charge is 2.34. The number of aryl methyl sites for hydroxylation is 1. The summed E-state index contributed by atoms with van der Waals surface area (Å²) in [7, 11) is 0. The molecule has 124 valence electrons. The van der Waals surface area contributed by atoms with Crippen LogP contribution in [0.3, 0.4) is 0 Å². The van der Waals surface area contributed by atoms with Gasteiger partial charge in [-0.3, -0.25) is 0 Å². The molecule has 0 aliphatic carbocycles. The maximum absolute atomic E-state index is 6.30. The second-order valence-corrected chi connectivity index (χ2v) is 6.78. The number of nitrogens with one attached hydrogen (secondary N) is 1. The van der Waals surface area contributed by atoms with Gasteiger partial charge in [-0.25, -0.2) is 0 Å². The molecule has 0 saturated carbocycles. The van der Waals surface area contributed by atoms with E-state index in [1.54, 1.807) is 0 Å². The lowest BCUT2D eigenvalue weighted by Crippen LogP contribution is -2.27. The van der Waals surface area contributed by atoms with Crippen LogP contribution in [0.1, 0.15) is 48.5 Å². The molecule has 3 unspecified atom stereocenters. The van der Waals surface area contributed by atoms with Gasteiger partial charge in [0.1, 0.15) is 11.0 Å². The number of aromatic nitrogens is 3. The Balaban J connectivity index is 1.77. The molecule has 2 heterocycles. The minimum absolute atomic E-state index is 0.0720. The number of H-pyrrole nitrogens is 1. The fraction of sp³-hybridized carbons (Fsp3) is 0.400. The molecule has 4 rings (SSSR count). The standard InChI is InChI=1S/C20H23N3O/c1-13-10-11-17-19(22-23-21-17)18(13)20-16(9-6-12-24-20)14(2)15-7-4-3-5-8-15/h3-5,7-8,10-11,14,16,20H,6,9,12H2,1-2H3,(H,21,22,23). The van der Waals surface area contributed by atoms with Gasteiger partial charge in [0.15, 0.2) is 0 Å². The summed E-state index contributed by atoms with van der Waals surface area (Å²) in [5.41, 5.74) is 5.67. The molecule has 4 heteroatoms. The molecule has 1 aliphatic heterocycles. The van der Waals surface area contributed by atoms with E-state index in [0.29, 0.717) is 11.8 Å². The second kappa shape index (κ2) is 6.36. The van der Waals surface area contributed by atoms with E-state index < -0.39 is 0 Å². The zero-order valence-corrected chi connectivity index (χ0v) is 14.2. The Morgan fingerprint density at radius 3 is 2.79 bits per heavy atom. The van der Waals surface area contributed by atoms with Gasteiger partial charge in [-0.2, -0.15) is 15.4 Å². The third kappa shape index (κ3) is 2.61. The molecule has 0 amide bonds. The van der Waals surface area contributed by atoms with Crippen molar-refractivity contribution in [2.75, 3.05) is 6.61 Å². The topological polar surface area (TPSA) is 50.8 Å². The lowest BCUT2D eigenvalue weighted by atomic mass is 9.76. The van der Waals surface area contributed by atoms with Gasteiger partial charge in [0.05, 0.1) is 6.10 Å².